The fourth-order valence-corrected chi connectivity index (χ4v) is 2.26. The van der Waals surface area contributed by atoms with Crippen LogP contribution in [0.2, 0.25) is 0 Å². The van der Waals surface area contributed by atoms with Gasteiger partial charge in [0, 0.05) is 44.1 Å². The highest BCUT2D eigenvalue weighted by Crippen LogP contribution is 2.40. The largest absolute Gasteiger partial charge is 0.424 e. The highest BCUT2D eigenvalue weighted by molar-refractivity contribution is 7.99. The molecule has 0 spiro atoms. The molecule has 1 rings (SSSR count). The number of carbonyl (C=O) groups is 1. The van der Waals surface area contributed by atoms with E-state index in [9.17, 15) is 23.1 Å². The highest BCUT2D eigenvalue weighted by Gasteiger charge is 2.57. The molecule has 1 heterocycles. The quantitative estimate of drug-likeness (QED) is 0.795. The van der Waals surface area contributed by atoms with Gasteiger partial charge in [-0.3, -0.25) is 4.79 Å². The van der Waals surface area contributed by atoms with Gasteiger partial charge in [-0.05, 0) is 6.26 Å². The second-order valence-electron chi connectivity index (χ2n) is 5.07. The second kappa shape index (κ2) is 7.36. The van der Waals surface area contributed by atoms with Gasteiger partial charge in [-0.1, -0.05) is 6.92 Å². The zero-order valence-corrected chi connectivity index (χ0v) is 13.5. The van der Waals surface area contributed by atoms with E-state index >= 15 is 0 Å². The van der Waals surface area contributed by atoms with Crippen LogP contribution in [0.1, 0.15) is 25.6 Å². The number of aliphatic hydroxyl groups is 1. The molecule has 0 bridgehead atoms. The number of aryl methyl sites for hydroxylation is 1. The molecule has 0 radical (unpaired) electrons. The Labute approximate surface area is 131 Å². The van der Waals surface area contributed by atoms with E-state index in [-0.39, 0.29) is 24.1 Å². The summed E-state index contributed by atoms with van der Waals surface area (Å²) in [5.74, 6) is -0.835. The first kappa shape index (κ1) is 18.8. The molecule has 2 unspecified atom stereocenters. The number of imidazole rings is 1. The Morgan fingerprint density at radius 3 is 2.64 bits per heavy atom. The number of hydrogen-bond acceptors (Lipinski definition) is 4. The minimum atomic E-state index is -4.89. The Morgan fingerprint density at radius 2 is 2.18 bits per heavy atom. The number of nitrogens with zero attached hydrogens (tertiary/aromatic N) is 2. The second-order valence-corrected chi connectivity index (χ2v) is 6.35. The Morgan fingerprint density at radius 1 is 1.55 bits per heavy atom. The van der Waals surface area contributed by atoms with Crippen molar-refractivity contribution in [3.63, 3.8) is 0 Å². The van der Waals surface area contributed by atoms with Crippen LogP contribution < -0.4 is 5.32 Å². The van der Waals surface area contributed by atoms with Gasteiger partial charge in [-0.2, -0.15) is 24.9 Å². The number of alkyl halides is 3. The van der Waals surface area contributed by atoms with Gasteiger partial charge in [0.1, 0.15) is 5.82 Å². The summed E-state index contributed by atoms with van der Waals surface area (Å²) in [6.07, 6.45) is -1.00. The molecule has 2 N–H and O–H groups in total. The maximum absolute atomic E-state index is 13.2. The number of thioether (sulfide) groups is 1. The number of rotatable bonds is 7. The zero-order valence-electron chi connectivity index (χ0n) is 12.6. The minimum Gasteiger partial charge on any atom is -0.374 e. The molecule has 1 aromatic heterocycles. The number of carbonyl (C=O) groups excluding carboxylic acids is 1. The number of nitrogens with one attached hydrogen (secondary N) is 1. The molecule has 0 saturated heterocycles. The SMILES string of the molecule is CSC(C)CC(=O)NCCC(O)(c1nccn1C)C(F)(F)F. The smallest absolute Gasteiger partial charge is 0.374 e. The fraction of sp³-hybridized carbons (Fsp3) is 0.692. The van der Waals surface area contributed by atoms with E-state index in [1.165, 1.54) is 31.2 Å². The lowest BCUT2D eigenvalue weighted by Crippen LogP contribution is -2.46. The summed E-state index contributed by atoms with van der Waals surface area (Å²) >= 11 is 1.49. The number of halogens is 3. The van der Waals surface area contributed by atoms with Gasteiger partial charge < -0.3 is 15.0 Å². The van der Waals surface area contributed by atoms with Crippen LogP contribution in [0.25, 0.3) is 0 Å². The third kappa shape index (κ3) is 4.39. The molecule has 1 aromatic rings. The van der Waals surface area contributed by atoms with Gasteiger partial charge in [0.25, 0.3) is 0 Å². The summed E-state index contributed by atoms with van der Waals surface area (Å²) < 4.78 is 40.8. The van der Waals surface area contributed by atoms with E-state index in [1.54, 1.807) is 0 Å². The average molecular weight is 339 g/mol. The maximum Gasteiger partial charge on any atom is 0.424 e. The van der Waals surface area contributed by atoms with E-state index in [4.69, 9.17) is 0 Å². The third-order valence-corrected chi connectivity index (χ3v) is 4.32. The van der Waals surface area contributed by atoms with Crippen molar-refractivity contribution in [2.24, 2.45) is 7.05 Å². The van der Waals surface area contributed by atoms with Crippen LogP contribution in [0.3, 0.4) is 0 Å². The lowest BCUT2D eigenvalue weighted by atomic mass is 9.97. The summed E-state index contributed by atoms with van der Waals surface area (Å²) in [5.41, 5.74) is -3.09. The summed E-state index contributed by atoms with van der Waals surface area (Å²) in [7, 11) is 1.37. The van der Waals surface area contributed by atoms with Crippen molar-refractivity contribution in [2.75, 3.05) is 12.8 Å². The van der Waals surface area contributed by atoms with E-state index in [0.717, 1.165) is 4.57 Å². The van der Waals surface area contributed by atoms with E-state index in [1.807, 2.05) is 13.2 Å². The monoisotopic (exact) mass is 339 g/mol. The molecule has 0 saturated carbocycles. The molecule has 0 aliphatic carbocycles. The van der Waals surface area contributed by atoms with Gasteiger partial charge >= 0.3 is 6.18 Å². The van der Waals surface area contributed by atoms with Crippen molar-refractivity contribution < 1.29 is 23.1 Å². The van der Waals surface area contributed by atoms with Crippen molar-refractivity contribution >= 4 is 17.7 Å². The van der Waals surface area contributed by atoms with Gasteiger partial charge in [-0.15, -0.1) is 0 Å². The zero-order chi connectivity index (χ0) is 17.0. The van der Waals surface area contributed by atoms with Gasteiger partial charge in [-0.25, -0.2) is 4.98 Å². The molecule has 22 heavy (non-hydrogen) atoms. The fourth-order valence-electron chi connectivity index (χ4n) is 1.94. The lowest BCUT2D eigenvalue weighted by molar-refractivity contribution is -0.272. The molecule has 9 heteroatoms. The number of hydrogen-bond donors (Lipinski definition) is 2. The van der Waals surface area contributed by atoms with E-state index in [0.29, 0.717) is 0 Å². The summed E-state index contributed by atoms with van der Waals surface area (Å²) in [6.45, 7) is 1.56. The normalized spacial score (nSPS) is 16.1. The Balaban J connectivity index is 2.73. The van der Waals surface area contributed by atoms with Crippen LogP contribution in [-0.4, -0.2) is 44.8 Å². The molecule has 0 aliphatic heterocycles. The summed E-state index contributed by atoms with van der Waals surface area (Å²) in [6, 6.07) is 0. The van der Waals surface area contributed by atoms with Crippen molar-refractivity contribution in [2.45, 2.75) is 36.8 Å². The van der Waals surface area contributed by atoms with Gasteiger partial charge in [0.2, 0.25) is 11.5 Å². The molecule has 1 amide bonds. The number of aromatic nitrogens is 2. The first-order valence-corrected chi connectivity index (χ1v) is 7.97. The molecule has 0 aromatic carbocycles. The standard InChI is InChI=1S/C13H20F3N3O2S/c1-9(22-3)8-10(20)17-5-4-12(21,13(14,15)16)11-18-6-7-19(11)2/h6-7,9,21H,4-5,8H2,1-3H3,(H,17,20). The third-order valence-electron chi connectivity index (χ3n) is 3.34. The first-order valence-electron chi connectivity index (χ1n) is 6.68. The predicted molar refractivity (Wildman–Crippen MR) is 78.4 cm³/mol. The van der Waals surface area contributed by atoms with Crippen molar-refractivity contribution in [1.82, 2.24) is 14.9 Å². The van der Waals surface area contributed by atoms with Gasteiger partial charge in [0.15, 0.2) is 0 Å². The van der Waals surface area contributed by atoms with Crippen LogP contribution in [0.5, 0.6) is 0 Å². The molecular formula is C13H20F3N3O2S. The van der Waals surface area contributed by atoms with Crippen LogP contribution in [0, 0.1) is 0 Å². The molecule has 126 valence electrons. The lowest BCUT2D eigenvalue weighted by Gasteiger charge is -2.30. The molecular weight excluding hydrogens is 319 g/mol. The maximum atomic E-state index is 13.2. The van der Waals surface area contributed by atoms with Crippen LogP contribution >= 0.6 is 11.8 Å². The van der Waals surface area contributed by atoms with Crippen molar-refractivity contribution in [1.29, 1.82) is 0 Å². The van der Waals surface area contributed by atoms with Crippen LogP contribution in [0.4, 0.5) is 13.2 Å². The van der Waals surface area contributed by atoms with Crippen LogP contribution in [-0.2, 0) is 17.4 Å². The van der Waals surface area contributed by atoms with Crippen molar-refractivity contribution in [3.8, 4) is 0 Å². The molecule has 0 fully saturated rings. The molecule has 0 aliphatic rings. The van der Waals surface area contributed by atoms with Gasteiger partial charge in [0.05, 0.1) is 0 Å². The van der Waals surface area contributed by atoms with Crippen LogP contribution in [0.15, 0.2) is 12.4 Å². The summed E-state index contributed by atoms with van der Waals surface area (Å²) in [4.78, 5) is 15.2. The highest BCUT2D eigenvalue weighted by atomic mass is 32.2. The Bertz CT molecular complexity index is 507. The topological polar surface area (TPSA) is 67.2 Å². The number of amides is 1. The Kier molecular flexibility index (Phi) is 6.30. The van der Waals surface area contributed by atoms with E-state index < -0.39 is 24.0 Å². The summed E-state index contributed by atoms with van der Waals surface area (Å²) in [5, 5.41) is 12.6. The predicted octanol–water partition coefficient (Wildman–Crippen LogP) is 1.82. The minimum absolute atomic E-state index is 0.0797. The van der Waals surface area contributed by atoms with E-state index in [2.05, 4.69) is 10.3 Å². The molecule has 5 nitrogen and oxygen atoms in total. The van der Waals surface area contributed by atoms with Crippen molar-refractivity contribution in [3.05, 3.63) is 18.2 Å². The first-order chi connectivity index (χ1) is 10.1. The average Bonchev–Trinajstić information content (AvgIpc) is 2.83. The Hall–Kier alpha value is -1.22. The molecule has 2 atom stereocenters.